The number of H-pyrrole nitrogens is 1. The molecular formula is C20H21N4O2+. The third-order valence-electron chi connectivity index (χ3n) is 4.86. The van der Waals surface area contributed by atoms with E-state index in [9.17, 15) is 4.79 Å². The highest BCUT2D eigenvalue weighted by Crippen LogP contribution is 2.48. The molecule has 1 fully saturated rings. The summed E-state index contributed by atoms with van der Waals surface area (Å²) >= 11 is 0. The zero-order chi connectivity index (χ0) is 18.1. The van der Waals surface area contributed by atoms with Gasteiger partial charge in [0, 0.05) is 23.1 Å². The number of aromatic nitrogens is 2. The Bertz CT molecular complexity index is 925. The van der Waals surface area contributed by atoms with Crippen molar-refractivity contribution >= 4 is 17.5 Å². The molecule has 1 aromatic carbocycles. The van der Waals surface area contributed by atoms with Crippen LogP contribution in [0.4, 0.5) is 11.6 Å². The number of anilines is 2. The second kappa shape index (κ2) is 6.29. The first-order valence-electron chi connectivity index (χ1n) is 8.65. The first kappa shape index (κ1) is 16.3. The predicted molar refractivity (Wildman–Crippen MR) is 98.3 cm³/mol. The third kappa shape index (κ3) is 3.44. The number of aromatic amines is 1. The van der Waals surface area contributed by atoms with Gasteiger partial charge in [0.2, 0.25) is 5.91 Å². The molecule has 4 N–H and O–H groups in total. The minimum absolute atomic E-state index is 0.103. The van der Waals surface area contributed by atoms with Gasteiger partial charge in [-0.2, -0.15) is 0 Å². The van der Waals surface area contributed by atoms with E-state index in [2.05, 4.69) is 22.4 Å². The molecule has 1 amide bonds. The first-order chi connectivity index (χ1) is 12.5. The fourth-order valence-corrected chi connectivity index (χ4v) is 2.86. The molecule has 0 atom stereocenters. The summed E-state index contributed by atoms with van der Waals surface area (Å²) in [4.78, 5) is 15.2. The van der Waals surface area contributed by atoms with Gasteiger partial charge in [-0.3, -0.25) is 10.5 Å². The van der Waals surface area contributed by atoms with Crippen molar-refractivity contribution in [2.45, 2.75) is 31.6 Å². The number of nitrogen functional groups attached to an aromatic ring is 1. The molecule has 0 bridgehead atoms. The number of hydrogen-bond acceptors (Lipinski definition) is 4. The number of pyridine rings is 1. The standard InChI is InChI=1S/C20H20N4O2/c1-20(8-9-20)16-11-18(24-26-16)23-19(25)10-13-2-4-14(5-3-13)15-6-7-17(21)22-12-15/h2-7,11-12H,8-10H2,1H3,(H2,21,22)(H,23,24,25)/p+1. The summed E-state index contributed by atoms with van der Waals surface area (Å²) in [5.41, 5.74) is 8.80. The Labute approximate surface area is 151 Å². The molecular weight excluding hydrogens is 328 g/mol. The second-order valence-corrected chi connectivity index (χ2v) is 7.09. The van der Waals surface area contributed by atoms with Gasteiger partial charge in [0.05, 0.1) is 12.6 Å². The molecule has 2 aromatic heterocycles. The zero-order valence-electron chi connectivity index (χ0n) is 14.6. The minimum atomic E-state index is -0.112. The molecule has 4 rings (SSSR count). The predicted octanol–water partition coefficient (Wildman–Crippen LogP) is 2.97. The molecule has 0 radical (unpaired) electrons. The van der Waals surface area contributed by atoms with Gasteiger partial charge in [0.15, 0.2) is 5.82 Å². The highest BCUT2D eigenvalue weighted by atomic mass is 16.5. The summed E-state index contributed by atoms with van der Waals surface area (Å²) < 4.78 is 5.34. The number of hydrogen-bond donors (Lipinski definition) is 2. The average Bonchev–Trinajstić information content (AvgIpc) is 3.20. The van der Waals surface area contributed by atoms with Crippen LogP contribution in [0.2, 0.25) is 0 Å². The molecule has 132 valence electrons. The molecule has 0 saturated heterocycles. The van der Waals surface area contributed by atoms with Gasteiger partial charge >= 0.3 is 0 Å². The van der Waals surface area contributed by atoms with E-state index in [-0.39, 0.29) is 17.7 Å². The van der Waals surface area contributed by atoms with Gasteiger partial charge in [-0.15, -0.1) is 0 Å². The van der Waals surface area contributed by atoms with Crippen LogP contribution >= 0.6 is 0 Å². The van der Waals surface area contributed by atoms with Crippen molar-refractivity contribution in [2.24, 2.45) is 0 Å². The molecule has 0 unspecified atom stereocenters. The van der Waals surface area contributed by atoms with Gasteiger partial charge in [-0.25, -0.2) is 4.98 Å². The van der Waals surface area contributed by atoms with Crippen LogP contribution < -0.4 is 16.0 Å². The summed E-state index contributed by atoms with van der Waals surface area (Å²) in [7, 11) is 0. The van der Waals surface area contributed by atoms with Crippen molar-refractivity contribution in [3.63, 3.8) is 0 Å². The molecule has 1 aliphatic carbocycles. The number of carbonyl (C=O) groups is 1. The van der Waals surface area contributed by atoms with Crippen LogP contribution in [0.15, 0.2) is 53.2 Å². The monoisotopic (exact) mass is 349 g/mol. The Morgan fingerprint density at radius 1 is 1.23 bits per heavy atom. The summed E-state index contributed by atoms with van der Waals surface area (Å²) in [6, 6.07) is 13.5. The number of carbonyl (C=O) groups excluding carboxylic acids is 1. The van der Waals surface area contributed by atoms with Gasteiger partial charge in [-0.1, -0.05) is 36.3 Å². The maximum absolute atomic E-state index is 12.2. The highest BCUT2D eigenvalue weighted by molar-refractivity contribution is 5.91. The largest absolute Gasteiger partial charge is 0.359 e. The van der Waals surface area contributed by atoms with Crippen molar-refractivity contribution in [3.05, 3.63) is 60.0 Å². The fourth-order valence-electron chi connectivity index (χ4n) is 2.86. The molecule has 2 heterocycles. The average molecular weight is 349 g/mol. The molecule has 6 heteroatoms. The molecule has 1 aliphatic rings. The Morgan fingerprint density at radius 3 is 2.62 bits per heavy atom. The van der Waals surface area contributed by atoms with Crippen molar-refractivity contribution in [1.29, 1.82) is 0 Å². The molecule has 26 heavy (non-hydrogen) atoms. The number of nitrogens with one attached hydrogen (secondary N) is 2. The first-order valence-corrected chi connectivity index (χ1v) is 8.65. The number of rotatable bonds is 5. The zero-order valence-corrected chi connectivity index (χ0v) is 14.6. The molecule has 1 saturated carbocycles. The van der Waals surface area contributed by atoms with Crippen LogP contribution in [0, 0.1) is 0 Å². The lowest BCUT2D eigenvalue weighted by Crippen LogP contribution is -2.14. The van der Waals surface area contributed by atoms with Gasteiger partial charge in [0.1, 0.15) is 5.76 Å². The number of benzene rings is 1. The normalized spacial score (nSPS) is 14.8. The Morgan fingerprint density at radius 2 is 1.96 bits per heavy atom. The Hall–Kier alpha value is -3.15. The van der Waals surface area contributed by atoms with Crippen LogP contribution in [0.3, 0.4) is 0 Å². The van der Waals surface area contributed by atoms with Crippen LogP contribution in [0.25, 0.3) is 11.1 Å². The van der Waals surface area contributed by atoms with E-state index in [4.69, 9.17) is 10.3 Å². The minimum Gasteiger partial charge on any atom is -0.359 e. The SMILES string of the molecule is CC1(c2cc(NC(=O)Cc3ccc(-c4ccc(N)[nH+]c4)cc3)no2)CC1. The third-order valence-corrected chi connectivity index (χ3v) is 4.86. The summed E-state index contributed by atoms with van der Waals surface area (Å²) in [5, 5.41) is 6.74. The quantitative estimate of drug-likeness (QED) is 0.740. The lowest BCUT2D eigenvalue weighted by Gasteiger charge is -2.04. The maximum Gasteiger partial charge on any atom is 0.270 e. The highest BCUT2D eigenvalue weighted by Gasteiger charge is 2.42. The van der Waals surface area contributed by atoms with E-state index in [1.54, 1.807) is 0 Å². The topological polar surface area (TPSA) is 95.3 Å². The van der Waals surface area contributed by atoms with E-state index < -0.39 is 0 Å². The summed E-state index contributed by atoms with van der Waals surface area (Å²) in [6.45, 7) is 2.14. The lowest BCUT2D eigenvalue weighted by atomic mass is 10.0. The van der Waals surface area contributed by atoms with E-state index in [1.807, 2.05) is 48.7 Å². The number of amides is 1. The summed E-state index contributed by atoms with van der Waals surface area (Å²) in [6.07, 6.45) is 4.36. The van der Waals surface area contributed by atoms with E-state index >= 15 is 0 Å². The van der Waals surface area contributed by atoms with E-state index in [0.717, 1.165) is 35.3 Å². The Balaban J connectivity index is 1.38. The molecule has 0 aliphatic heterocycles. The van der Waals surface area contributed by atoms with Crippen LogP contribution in [0.5, 0.6) is 0 Å². The van der Waals surface area contributed by atoms with Crippen molar-refractivity contribution in [2.75, 3.05) is 11.1 Å². The van der Waals surface area contributed by atoms with Crippen LogP contribution in [-0.4, -0.2) is 11.1 Å². The second-order valence-electron chi connectivity index (χ2n) is 7.09. The van der Waals surface area contributed by atoms with Crippen molar-refractivity contribution < 1.29 is 14.3 Å². The van der Waals surface area contributed by atoms with Gasteiger partial charge in [0.25, 0.3) is 5.82 Å². The maximum atomic E-state index is 12.2. The number of nitrogens with zero attached hydrogens (tertiary/aromatic N) is 1. The van der Waals surface area contributed by atoms with Crippen LogP contribution in [0.1, 0.15) is 31.1 Å². The lowest BCUT2D eigenvalue weighted by molar-refractivity contribution is -0.359. The van der Waals surface area contributed by atoms with E-state index in [1.165, 1.54) is 0 Å². The van der Waals surface area contributed by atoms with Crippen molar-refractivity contribution in [1.82, 2.24) is 5.16 Å². The van der Waals surface area contributed by atoms with Gasteiger partial charge < -0.3 is 9.84 Å². The van der Waals surface area contributed by atoms with Gasteiger partial charge in [-0.05, 0) is 30.0 Å². The smallest absolute Gasteiger partial charge is 0.270 e. The fraction of sp³-hybridized carbons (Fsp3) is 0.250. The van der Waals surface area contributed by atoms with E-state index in [0.29, 0.717) is 11.6 Å². The summed E-state index contributed by atoms with van der Waals surface area (Å²) in [5.74, 6) is 1.83. The molecule has 3 aromatic rings. The van der Waals surface area contributed by atoms with Crippen LogP contribution in [-0.2, 0) is 16.6 Å². The number of nitrogens with two attached hydrogens (primary N) is 1. The molecule has 0 spiro atoms. The molecule has 6 nitrogen and oxygen atoms in total. The van der Waals surface area contributed by atoms with Crippen molar-refractivity contribution in [3.8, 4) is 11.1 Å². The Kier molecular flexibility index (Phi) is 3.95.